The van der Waals surface area contributed by atoms with Crippen molar-refractivity contribution in [3.8, 4) is 6.07 Å². The summed E-state index contributed by atoms with van der Waals surface area (Å²) in [6.45, 7) is 0. The second kappa shape index (κ2) is 3.43. The second-order valence-electron chi connectivity index (χ2n) is 1.85. The normalized spacial score (nSPS) is 25.1. The molecule has 0 saturated carbocycles. The number of nitrogens with two attached hydrogens (primary N) is 1. The Balaban J connectivity index is 2.55. The van der Waals surface area contributed by atoms with E-state index < -0.39 is 17.3 Å². The van der Waals surface area contributed by atoms with Gasteiger partial charge in [-0.25, -0.2) is 9.69 Å². The molecular weight excluding hydrogens is 168 g/mol. The number of nitrogens with zero attached hydrogens (tertiary/aromatic N) is 2. The summed E-state index contributed by atoms with van der Waals surface area (Å²) in [6.07, 6.45) is 0.117. The number of hydrogen-bond acceptors (Lipinski definition) is 5. The second-order valence-corrected chi connectivity index (χ2v) is 2.63. The molecule has 0 spiro atoms. The van der Waals surface area contributed by atoms with Crippen LogP contribution in [-0.2, 0) is 15.6 Å². The number of hydrogen-bond donors (Lipinski definition) is 2. The van der Waals surface area contributed by atoms with E-state index >= 15 is 0 Å². The maximum atomic E-state index is 10.5. The van der Waals surface area contributed by atoms with Gasteiger partial charge in [-0.05, 0) is 0 Å². The first-order valence-corrected chi connectivity index (χ1v) is 3.83. The third kappa shape index (κ3) is 1.98. The first-order chi connectivity index (χ1) is 5.24. The van der Waals surface area contributed by atoms with E-state index in [1.807, 2.05) is 6.07 Å². The molecule has 6 nitrogen and oxygen atoms in total. The third-order valence-electron chi connectivity index (χ3n) is 1.05. The Morgan fingerprint density at radius 3 is 3.18 bits per heavy atom. The van der Waals surface area contributed by atoms with Crippen molar-refractivity contribution in [3.05, 3.63) is 0 Å². The topological polar surface area (TPSA) is 101 Å². The monoisotopic (exact) mass is 174 g/mol. The van der Waals surface area contributed by atoms with Gasteiger partial charge in [0.1, 0.15) is 0 Å². The van der Waals surface area contributed by atoms with Crippen LogP contribution in [0, 0.1) is 11.3 Å². The van der Waals surface area contributed by atoms with E-state index in [4.69, 9.17) is 11.0 Å². The van der Waals surface area contributed by atoms with Crippen molar-refractivity contribution >= 4 is 17.1 Å². The number of hydroxylamine groups is 1. The van der Waals surface area contributed by atoms with Crippen LogP contribution in [0.15, 0.2) is 4.40 Å². The minimum atomic E-state index is -1.69. The Labute approximate surface area is 65.8 Å². The average Bonchev–Trinajstić information content (AvgIpc) is 2.36. The summed E-state index contributed by atoms with van der Waals surface area (Å²) in [5.41, 5.74) is 7.69. The molecule has 7 heteroatoms. The third-order valence-corrected chi connectivity index (χ3v) is 1.62. The molecule has 1 aliphatic rings. The Morgan fingerprint density at radius 1 is 2.00 bits per heavy atom. The maximum absolute atomic E-state index is 10.5. The minimum Gasteiger partial charge on any atom is -0.320 e. The highest BCUT2D eigenvalue weighted by Crippen LogP contribution is 1.99. The SMILES string of the molecule is N#CC[C@@H](N)C1=NS(=O)ON1. The van der Waals surface area contributed by atoms with Gasteiger partial charge in [0.25, 0.3) is 0 Å². The fourth-order valence-corrected chi connectivity index (χ4v) is 1.06. The van der Waals surface area contributed by atoms with Gasteiger partial charge in [-0.2, -0.15) is 9.55 Å². The van der Waals surface area contributed by atoms with E-state index in [-0.39, 0.29) is 12.3 Å². The number of nitrogens with one attached hydrogen (secondary N) is 1. The first-order valence-electron chi connectivity index (χ1n) is 2.80. The summed E-state index contributed by atoms with van der Waals surface area (Å²) in [4.78, 5) is 0. The van der Waals surface area contributed by atoms with Crippen LogP contribution in [0.25, 0.3) is 0 Å². The van der Waals surface area contributed by atoms with E-state index in [9.17, 15) is 4.21 Å². The standard InChI is InChI=1S/C4H6N4O2S/c5-2-1-3(6)4-7-10-11(9)8-4/h3H,1,6H2,(H,7,8)/t3-,11?/m1/s1. The van der Waals surface area contributed by atoms with Crippen LogP contribution in [0.3, 0.4) is 0 Å². The van der Waals surface area contributed by atoms with Crippen LogP contribution < -0.4 is 11.2 Å². The average molecular weight is 174 g/mol. The molecule has 0 aliphatic carbocycles. The smallest absolute Gasteiger partial charge is 0.309 e. The fourth-order valence-electron chi connectivity index (χ4n) is 0.534. The first kappa shape index (κ1) is 8.13. The Hall–Kier alpha value is -0.970. The molecule has 1 aliphatic heterocycles. The van der Waals surface area contributed by atoms with Gasteiger partial charge in [0.15, 0.2) is 5.84 Å². The summed E-state index contributed by atoms with van der Waals surface area (Å²) < 4.78 is 18.3. The van der Waals surface area contributed by atoms with E-state index in [1.165, 1.54) is 0 Å². The molecule has 0 radical (unpaired) electrons. The molecule has 1 unspecified atom stereocenters. The van der Waals surface area contributed by atoms with Crippen molar-refractivity contribution in [2.75, 3.05) is 0 Å². The molecule has 60 valence electrons. The van der Waals surface area contributed by atoms with Gasteiger partial charge < -0.3 is 5.73 Å². The summed E-state index contributed by atoms with van der Waals surface area (Å²) in [5.74, 6) is 0.255. The Kier molecular flexibility index (Phi) is 2.53. The van der Waals surface area contributed by atoms with Gasteiger partial charge in [-0.15, -0.1) is 4.40 Å². The van der Waals surface area contributed by atoms with Crippen molar-refractivity contribution in [2.24, 2.45) is 10.1 Å². The van der Waals surface area contributed by atoms with Crippen molar-refractivity contribution in [2.45, 2.75) is 12.5 Å². The predicted molar refractivity (Wildman–Crippen MR) is 38.0 cm³/mol. The summed E-state index contributed by atoms with van der Waals surface area (Å²) >= 11 is -1.69. The molecule has 2 atom stereocenters. The van der Waals surface area contributed by atoms with Crippen LogP contribution in [0.2, 0.25) is 0 Å². The molecule has 0 saturated heterocycles. The van der Waals surface area contributed by atoms with Gasteiger partial charge in [0, 0.05) is 0 Å². The highest BCUT2D eigenvalue weighted by Gasteiger charge is 2.19. The zero-order chi connectivity index (χ0) is 8.27. The van der Waals surface area contributed by atoms with Gasteiger partial charge in [0.05, 0.1) is 18.5 Å². The van der Waals surface area contributed by atoms with Crippen molar-refractivity contribution in [1.82, 2.24) is 5.48 Å². The van der Waals surface area contributed by atoms with Crippen LogP contribution in [0.5, 0.6) is 0 Å². The summed E-state index contributed by atoms with van der Waals surface area (Å²) in [7, 11) is 0. The summed E-state index contributed by atoms with van der Waals surface area (Å²) in [6, 6.07) is 1.31. The molecule has 3 N–H and O–H groups in total. The number of amidine groups is 1. The zero-order valence-electron chi connectivity index (χ0n) is 5.48. The van der Waals surface area contributed by atoms with Crippen molar-refractivity contribution in [3.63, 3.8) is 0 Å². The lowest BCUT2D eigenvalue weighted by Crippen LogP contribution is -2.37. The molecule has 1 heterocycles. The van der Waals surface area contributed by atoms with Crippen LogP contribution in [0.4, 0.5) is 0 Å². The fraction of sp³-hybridized carbons (Fsp3) is 0.500. The number of rotatable bonds is 2. The van der Waals surface area contributed by atoms with E-state index in [1.54, 1.807) is 0 Å². The number of nitriles is 1. The molecule has 0 aromatic carbocycles. The van der Waals surface area contributed by atoms with Crippen molar-refractivity contribution < 1.29 is 8.49 Å². The molecule has 11 heavy (non-hydrogen) atoms. The predicted octanol–water partition coefficient (Wildman–Crippen LogP) is -1.26. The molecule has 0 fully saturated rings. The minimum absolute atomic E-state index is 0.117. The lowest BCUT2D eigenvalue weighted by atomic mass is 10.2. The Bertz CT molecular complexity index is 245. The van der Waals surface area contributed by atoms with E-state index in [0.717, 1.165) is 0 Å². The molecule has 0 bridgehead atoms. The maximum Gasteiger partial charge on any atom is 0.309 e. The highest BCUT2D eigenvalue weighted by molar-refractivity contribution is 7.79. The largest absolute Gasteiger partial charge is 0.320 e. The molecule has 0 aromatic heterocycles. The molecule has 0 amide bonds. The van der Waals surface area contributed by atoms with Crippen LogP contribution >= 0.6 is 0 Å². The van der Waals surface area contributed by atoms with Gasteiger partial charge in [-0.1, -0.05) is 0 Å². The Morgan fingerprint density at radius 2 is 2.73 bits per heavy atom. The highest BCUT2D eigenvalue weighted by atomic mass is 32.2. The van der Waals surface area contributed by atoms with Crippen molar-refractivity contribution in [1.29, 1.82) is 5.26 Å². The van der Waals surface area contributed by atoms with Gasteiger partial charge >= 0.3 is 11.3 Å². The van der Waals surface area contributed by atoms with E-state index in [0.29, 0.717) is 0 Å². The van der Waals surface area contributed by atoms with Gasteiger partial charge in [-0.3, -0.25) is 0 Å². The van der Waals surface area contributed by atoms with Gasteiger partial charge in [0.2, 0.25) is 0 Å². The molecule has 1 rings (SSSR count). The van der Waals surface area contributed by atoms with E-state index in [2.05, 4.69) is 14.2 Å². The quantitative estimate of drug-likeness (QED) is 0.544. The van der Waals surface area contributed by atoms with Crippen LogP contribution in [-0.4, -0.2) is 16.1 Å². The molecule has 0 aromatic rings. The van der Waals surface area contributed by atoms with Crippen LogP contribution in [0.1, 0.15) is 6.42 Å². The lowest BCUT2D eigenvalue weighted by molar-refractivity contribution is 0.301. The molecular formula is C4H6N4O2S. The zero-order valence-corrected chi connectivity index (χ0v) is 6.30. The summed E-state index contributed by atoms with van der Waals surface area (Å²) in [5, 5.41) is 8.23. The lowest BCUT2D eigenvalue weighted by Gasteiger charge is -2.03.